The topological polar surface area (TPSA) is 53.9 Å². The Labute approximate surface area is 161 Å². The van der Waals surface area contributed by atoms with Crippen LogP contribution in [-0.4, -0.2) is 31.8 Å². The molecule has 1 aliphatic rings. The van der Waals surface area contributed by atoms with Crippen molar-refractivity contribution in [1.82, 2.24) is 5.43 Å². The molecule has 1 amide bonds. The summed E-state index contributed by atoms with van der Waals surface area (Å²) in [6.45, 7) is 6.81. The van der Waals surface area contributed by atoms with Crippen molar-refractivity contribution in [2.45, 2.75) is 38.6 Å². The highest BCUT2D eigenvalue weighted by Crippen LogP contribution is 2.42. The predicted molar refractivity (Wildman–Crippen MR) is 110 cm³/mol. The third kappa shape index (κ3) is 3.97. The molecular weight excluding hydrogens is 338 g/mol. The molecule has 3 rings (SSSR count). The first kappa shape index (κ1) is 19.0. The van der Waals surface area contributed by atoms with E-state index in [0.29, 0.717) is 17.2 Å². The third-order valence-corrected chi connectivity index (χ3v) is 5.39. The van der Waals surface area contributed by atoms with E-state index in [0.717, 1.165) is 12.0 Å². The van der Waals surface area contributed by atoms with E-state index >= 15 is 0 Å². The van der Waals surface area contributed by atoms with Crippen molar-refractivity contribution in [3.05, 3.63) is 59.2 Å². The van der Waals surface area contributed by atoms with Crippen LogP contribution in [0.25, 0.3) is 0 Å². The standard InChI is InChI=1S/C22H27N3O2/c1-15-13-22(2,3)25(4)20-11-6-16(12-19(15)20)14-23-24-21(26)17-7-9-18(27-5)10-8-17/h6-12,14-15H,13H2,1-5H3,(H,24,26)/b23-14-. The number of carbonyl (C=O) groups excluding carboxylic acids is 1. The second kappa shape index (κ2) is 7.43. The summed E-state index contributed by atoms with van der Waals surface area (Å²) in [6.07, 6.45) is 2.79. The molecular formula is C22H27N3O2. The highest BCUT2D eigenvalue weighted by atomic mass is 16.5. The zero-order valence-corrected chi connectivity index (χ0v) is 16.6. The van der Waals surface area contributed by atoms with Gasteiger partial charge in [-0.1, -0.05) is 13.0 Å². The molecule has 0 fully saturated rings. The normalized spacial score (nSPS) is 18.3. The van der Waals surface area contributed by atoms with Crippen LogP contribution >= 0.6 is 0 Å². The molecule has 0 aromatic heterocycles. The van der Waals surface area contributed by atoms with Gasteiger partial charge in [-0.05, 0) is 73.7 Å². The SMILES string of the molecule is COc1ccc(C(=O)N/N=C\c2ccc3c(c2)C(C)CC(C)(C)N3C)cc1. The van der Waals surface area contributed by atoms with Crippen LogP contribution in [0.15, 0.2) is 47.6 Å². The average molecular weight is 365 g/mol. The van der Waals surface area contributed by atoms with Gasteiger partial charge < -0.3 is 9.64 Å². The lowest BCUT2D eigenvalue weighted by Gasteiger charge is -2.45. The molecule has 0 spiro atoms. The number of ether oxygens (including phenoxy) is 1. The van der Waals surface area contributed by atoms with E-state index in [1.54, 1.807) is 37.6 Å². The van der Waals surface area contributed by atoms with Crippen molar-refractivity contribution >= 4 is 17.8 Å². The second-order valence-corrected chi connectivity index (χ2v) is 7.72. The van der Waals surface area contributed by atoms with Crippen molar-refractivity contribution in [2.24, 2.45) is 5.10 Å². The summed E-state index contributed by atoms with van der Waals surface area (Å²) in [6, 6.07) is 13.3. The summed E-state index contributed by atoms with van der Waals surface area (Å²) in [5.41, 5.74) is 6.82. The maximum absolute atomic E-state index is 12.2. The van der Waals surface area contributed by atoms with E-state index in [4.69, 9.17) is 4.74 Å². The Morgan fingerprint density at radius 3 is 2.63 bits per heavy atom. The quantitative estimate of drug-likeness (QED) is 0.653. The van der Waals surface area contributed by atoms with Crippen LogP contribution in [0.1, 0.15) is 54.6 Å². The van der Waals surface area contributed by atoms with E-state index in [2.05, 4.69) is 55.4 Å². The molecule has 0 bridgehead atoms. The predicted octanol–water partition coefficient (Wildman–Crippen LogP) is 4.18. The number of anilines is 1. The van der Waals surface area contributed by atoms with Gasteiger partial charge in [-0.2, -0.15) is 5.10 Å². The lowest BCUT2D eigenvalue weighted by molar-refractivity contribution is 0.0955. The molecule has 1 unspecified atom stereocenters. The minimum atomic E-state index is -0.248. The Kier molecular flexibility index (Phi) is 5.22. The van der Waals surface area contributed by atoms with Gasteiger partial charge in [-0.3, -0.25) is 4.79 Å². The van der Waals surface area contributed by atoms with E-state index in [1.807, 2.05) is 6.07 Å². The number of hydrogen-bond donors (Lipinski definition) is 1. The van der Waals surface area contributed by atoms with Crippen LogP contribution in [0, 0.1) is 0 Å². The molecule has 0 saturated heterocycles. The summed E-state index contributed by atoms with van der Waals surface area (Å²) in [4.78, 5) is 14.5. The summed E-state index contributed by atoms with van der Waals surface area (Å²) >= 11 is 0. The molecule has 1 heterocycles. The number of hydrazone groups is 1. The van der Waals surface area contributed by atoms with Gasteiger partial charge in [0.25, 0.3) is 5.91 Å². The van der Waals surface area contributed by atoms with E-state index in [9.17, 15) is 4.79 Å². The van der Waals surface area contributed by atoms with Gasteiger partial charge in [0.1, 0.15) is 5.75 Å². The zero-order chi connectivity index (χ0) is 19.6. The van der Waals surface area contributed by atoms with Crippen molar-refractivity contribution in [1.29, 1.82) is 0 Å². The largest absolute Gasteiger partial charge is 0.497 e. The molecule has 0 radical (unpaired) electrons. The van der Waals surface area contributed by atoms with Crippen molar-refractivity contribution in [3.8, 4) is 5.75 Å². The number of carbonyl (C=O) groups is 1. The van der Waals surface area contributed by atoms with Gasteiger partial charge in [0.05, 0.1) is 13.3 Å². The van der Waals surface area contributed by atoms with Gasteiger partial charge in [0.15, 0.2) is 0 Å². The molecule has 1 atom stereocenters. The first-order valence-electron chi connectivity index (χ1n) is 9.17. The van der Waals surface area contributed by atoms with Crippen LogP contribution in [-0.2, 0) is 0 Å². The Morgan fingerprint density at radius 1 is 1.26 bits per heavy atom. The van der Waals surface area contributed by atoms with E-state index < -0.39 is 0 Å². The summed E-state index contributed by atoms with van der Waals surface area (Å²) < 4.78 is 5.10. The molecule has 2 aromatic rings. The Bertz CT molecular complexity index is 856. The van der Waals surface area contributed by atoms with E-state index in [1.165, 1.54) is 11.3 Å². The molecule has 5 nitrogen and oxygen atoms in total. The van der Waals surface area contributed by atoms with Gasteiger partial charge >= 0.3 is 0 Å². The highest BCUT2D eigenvalue weighted by Gasteiger charge is 2.33. The fourth-order valence-corrected chi connectivity index (χ4v) is 3.65. The first-order valence-corrected chi connectivity index (χ1v) is 9.17. The number of nitrogens with zero attached hydrogens (tertiary/aromatic N) is 2. The van der Waals surface area contributed by atoms with Crippen LogP contribution in [0.2, 0.25) is 0 Å². The number of benzene rings is 2. The van der Waals surface area contributed by atoms with E-state index in [-0.39, 0.29) is 11.4 Å². The van der Waals surface area contributed by atoms with Crippen molar-refractivity contribution in [2.75, 3.05) is 19.1 Å². The molecule has 5 heteroatoms. The second-order valence-electron chi connectivity index (χ2n) is 7.72. The average Bonchev–Trinajstić information content (AvgIpc) is 2.66. The first-order chi connectivity index (χ1) is 12.8. The van der Waals surface area contributed by atoms with Crippen molar-refractivity contribution < 1.29 is 9.53 Å². The van der Waals surface area contributed by atoms with Crippen LogP contribution in [0.4, 0.5) is 5.69 Å². The molecule has 0 aliphatic carbocycles. The number of hydrogen-bond acceptors (Lipinski definition) is 4. The number of amides is 1. The van der Waals surface area contributed by atoms with Crippen LogP contribution < -0.4 is 15.1 Å². The Balaban J connectivity index is 1.71. The molecule has 1 N–H and O–H groups in total. The van der Waals surface area contributed by atoms with Gasteiger partial charge in [-0.25, -0.2) is 5.43 Å². The number of nitrogens with one attached hydrogen (secondary N) is 1. The zero-order valence-electron chi connectivity index (χ0n) is 16.6. The van der Waals surface area contributed by atoms with Crippen LogP contribution in [0.3, 0.4) is 0 Å². The monoisotopic (exact) mass is 365 g/mol. The third-order valence-electron chi connectivity index (χ3n) is 5.39. The molecule has 0 saturated carbocycles. The Hall–Kier alpha value is -2.82. The number of fused-ring (bicyclic) bond motifs is 1. The van der Waals surface area contributed by atoms with Crippen molar-refractivity contribution in [3.63, 3.8) is 0 Å². The Morgan fingerprint density at radius 2 is 1.96 bits per heavy atom. The maximum Gasteiger partial charge on any atom is 0.271 e. The smallest absolute Gasteiger partial charge is 0.271 e. The van der Waals surface area contributed by atoms with Gasteiger partial charge in [0, 0.05) is 23.8 Å². The number of rotatable bonds is 4. The van der Waals surface area contributed by atoms with Gasteiger partial charge in [-0.15, -0.1) is 0 Å². The fraction of sp³-hybridized carbons (Fsp3) is 0.364. The lowest BCUT2D eigenvalue weighted by Crippen LogP contribution is -2.45. The molecule has 142 valence electrons. The minimum absolute atomic E-state index is 0.147. The van der Waals surface area contributed by atoms with Gasteiger partial charge in [0.2, 0.25) is 0 Å². The summed E-state index contributed by atoms with van der Waals surface area (Å²) in [5, 5.41) is 4.11. The lowest BCUT2D eigenvalue weighted by atomic mass is 9.80. The molecule has 27 heavy (non-hydrogen) atoms. The summed E-state index contributed by atoms with van der Waals surface area (Å²) in [7, 11) is 3.74. The minimum Gasteiger partial charge on any atom is -0.497 e. The molecule has 2 aromatic carbocycles. The highest BCUT2D eigenvalue weighted by molar-refractivity contribution is 5.95. The van der Waals surface area contributed by atoms with Crippen LogP contribution in [0.5, 0.6) is 5.75 Å². The number of methoxy groups -OCH3 is 1. The fourth-order valence-electron chi connectivity index (χ4n) is 3.65. The molecule has 1 aliphatic heterocycles. The summed E-state index contributed by atoms with van der Waals surface area (Å²) in [5.74, 6) is 0.946. The maximum atomic E-state index is 12.2.